The molecule has 150 valence electrons. The van der Waals surface area contributed by atoms with Gasteiger partial charge in [-0.3, -0.25) is 4.79 Å². The van der Waals surface area contributed by atoms with Gasteiger partial charge in [-0.1, -0.05) is 23.7 Å². The molecule has 3 rings (SSSR count). The van der Waals surface area contributed by atoms with Gasteiger partial charge in [-0.25, -0.2) is 8.42 Å². The normalized spacial score (nSPS) is 16.1. The zero-order valence-electron chi connectivity index (χ0n) is 16.2. The van der Waals surface area contributed by atoms with Gasteiger partial charge in [0.1, 0.15) is 0 Å². The summed E-state index contributed by atoms with van der Waals surface area (Å²) in [5.74, 6) is -0.378. The summed E-state index contributed by atoms with van der Waals surface area (Å²) in [5, 5.41) is 3.11. The monoisotopic (exact) mass is 421 g/mol. The van der Waals surface area contributed by atoms with Crippen LogP contribution in [0.4, 0.5) is 5.69 Å². The van der Waals surface area contributed by atoms with Crippen molar-refractivity contribution >= 4 is 33.2 Å². The fraction of sp³-hybridized carbons (Fsp3) is 0.350. The molecule has 2 aromatic carbocycles. The lowest BCUT2D eigenvalue weighted by Gasteiger charge is -2.32. The van der Waals surface area contributed by atoms with Gasteiger partial charge >= 0.3 is 0 Å². The Morgan fingerprint density at radius 1 is 1.04 bits per heavy atom. The van der Waals surface area contributed by atoms with Gasteiger partial charge in [-0.2, -0.15) is 4.31 Å². The molecule has 0 atom stereocenters. The van der Waals surface area contributed by atoms with E-state index in [0.29, 0.717) is 48.0 Å². The molecule has 0 aliphatic carbocycles. The highest BCUT2D eigenvalue weighted by atomic mass is 35.5. The molecule has 1 aliphatic heterocycles. The summed E-state index contributed by atoms with van der Waals surface area (Å²) in [4.78, 5) is 14.9. The lowest BCUT2D eigenvalue weighted by atomic mass is 10.1. The van der Waals surface area contributed by atoms with Crippen LogP contribution in [0.25, 0.3) is 0 Å². The number of likely N-dealkylation sites (N-methyl/N-ethyl adjacent to an activating group) is 1. The van der Waals surface area contributed by atoms with Gasteiger partial charge in [0.2, 0.25) is 10.0 Å². The smallest absolute Gasteiger partial charge is 0.257 e. The van der Waals surface area contributed by atoms with Crippen molar-refractivity contribution in [3.8, 4) is 0 Å². The number of benzene rings is 2. The molecule has 8 heteroatoms. The molecule has 0 aromatic heterocycles. The van der Waals surface area contributed by atoms with Crippen molar-refractivity contribution in [2.75, 3.05) is 38.5 Å². The lowest BCUT2D eigenvalue weighted by Crippen LogP contribution is -2.47. The molecule has 2 aromatic rings. The number of rotatable bonds is 4. The van der Waals surface area contributed by atoms with Crippen molar-refractivity contribution < 1.29 is 13.2 Å². The number of aryl methyl sites for hydroxylation is 2. The van der Waals surface area contributed by atoms with E-state index in [2.05, 4.69) is 10.2 Å². The molecule has 6 nitrogen and oxygen atoms in total. The van der Waals surface area contributed by atoms with Crippen LogP contribution in [-0.4, -0.2) is 56.8 Å². The van der Waals surface area contributed by atoms with Crippen molar-refractivity contribution in [3.05, 3.63) is 58.1 Å². The van der Waals surface area contributed by atoms with Crippen LogP contribution in [0.15, 0.2) is 41.3 Å². The summed E-state index contributed by atoms with van der Waals surface area (Å²) < 4.78 is 27.7. The maximum absolute atomic E-state index is 13.1. The standard InChI is InChI=1S/C20H24ClN3O3S/c1-14-4-7-17(18(21)12-14)20(25)22-16-6-5-15(2)19(13-16)28(26,27)24-10-8-23(3)9-11-24/h4-7,12-13H,8-11H2,1-3H3,(H,22,25). The Morgan fingerprint density at radius 2 is 1.71 bits per heavy atom. The van der Waals surface area contributed by atoms with Crippen molar-refractivity contribution in [1.82, 2.24) is 9.21 Å². The maximum Gasteiger partial charge on any atom is 0.257 e. The maximum atomic E-state index is 13.1. The van der Waals surface area contributed by atoms with E-state index in [1.807, 2.05) is 14.0 Å². The Hall–Kier alpha value is -1.93. The average Bonchev–Trinajstić information content (AvgIpc) is 2.63. The zero-order valence-corrected chi connectivity index (χ0v) is 17.8. The Labute approximate surface area is 171 Å². The van der Waals surface area contributed by atoms with E-state index in [9.17, 15) is 13.2 Å². The second-order valence-corrected chi connectivity index (χ2v) is 9.44. The van der Waals surface area contributed by atoms with Gasteiger partial charge in [-0.05, 0) is 56.3 Å². The predicted molar refractivity (Wildman–Crippen MR) is 112 cm³/mol. The molecule has 28 heavy (non-hydrogen) atoms. The minimum absolute atomic E-state index is 0.213. The number of hydrogen-bond donors (Lipinski definition) is 1. The summed E-state index contributed by atoms with van der Waals surface area (Å²) in [6.07, 6.45) is 0. The number of carbonyl (C=O) groups is 1. The van der Waals surface area contributed by atoms with E-state index in [1.54, 1.807) is 37.3 Å². The minimum Gasteiger partial charge on any atom is -0.322 e. The first kappa shape index (κ1) is 20.8. The molecule has 1 N–H and O–H groups in total. The van der Waals surface area contributed by atoms with Crippen LogP contribution >= 0.6 is 11.6 Å². The van der Waals surface area contributed by atoms with E-state index in [4.69, 9.17) is 11.6 Å². The SMILES string of the molecule is Cc1ccc(C(=O)Nc2ccc(C)c(S(=O)(=O)N3CCN(C)CC3)c2)c(Cl)c1. The van der Waals surface area contributed by atoms with Crippen LogP contribution in [0.3, 0.4) is 0 Å². The fourth-order valence-electron chi connectivity index (χ4n) is 3.13. The summed E-state index contributed by atoms with van der Waals surface area (Å²) >= 11 is 6.17. The number of nitrogens with zero attached hydrogens (tertiary/aromatic N) is 2. The van der Waals surface area contributed by atoms with Crippen LogP contribution in [0.2, 0.25) is 5.02 Å². The third-order valence-electron chi connectivity index (χ3n) is 4.90. The Morgan fingerprint density at radius 3 is 2.36 bits per heavy atom. The molecule has 1 heterocycles. The second-order valence-electron chi connectivity index (χ2n) is 7.13. The van der Waals surface area contributed by atoms with Crippen molar-refractivity contribution in [1.29, 1.82) is 0 Å². The van der Waals surface area contributed by atoms with Crippen LogP contribution in [0.1, 0.15) is 21.5 Å². The number of carbonyl (C=O) groups excluding carboxylic acids is 1. The topological polar surface area (TPSA) is 69.7 Å². The molecule has 1 amide bonds. The van der Waals surface area contributed by atoms with Gasteiger partial charge in [0, 0.05) is 31.9 Å². The first-order valence-corrected chi connectivity index (χ1v) is 10.9. The third-order valence-corrected chi connectivity index (χ3v) is 7.25. The number of anilines is 1. The fourth-order valence-corrected chi connectivity index (χ4v) is 5.12. The van der Waals surface area contributed by atoms with Gasteiger partial charge in [0.25, 0.3) is 5.91 Å². The van der Waals surface area contributed by atoms with Crippen LogP contribution in [0, 0.1) is 13.8 Å². The summed E-state index contributed by atoms with van der Waals surface area (Å²) in [6.45, 7) is 5.94. The number of amides is 1. The molecule has 0 saturated carbocycles. The Balaban J connectivity index is 1.86. The van der Waals surface area contributed by atoms with Crippen LogP contribution in [0.5, 0.6) is 0 Å². The number of halogens is 1. The van der Waals surface area contributed by atoms with Gasteiger partial charge < -0.3 is 10.2 Å². The molecular formula is C20H24ClN3O3S. The average molecular weight is 422 g/mol. The highest BCUT2D eigenvalue weighted by molar-refractivity contribution is 7.89. The van der Waals surface area contributed by atoms with E-state index in [0.717, 1.165) is 5.56 Å². The summed E-state index contributed by atoms with van der Waals surface area (Å²) in [6, 6.07) is 10.1. The Kier molecular flexibility index (Phi) is 6.09. The molecule has 1 saturated heterocycles. The van der Waals surface area contributed by atoms with E-state index < -0.39 is 10.0 Å². The van der Waals surface area contributed by atoms with Crippen molar-refractivity contribution in [2.24, 2.45) is 0 Å². The van der Waals surface area contributed by atoms with Crippen molar-refractivity contribution in [2.45, 2.75) is 18.7 Å². The molecule has 0 spiro atoms. The minimum atomic E-state index is -3.62. The van der Waals surface area contributed by atoms with Crippen molar-refractivity contribution in [3.63, 3.8) is 0 Å². The van der Waals surface area contributed by atoms with Gasteiger partial charge in [-0.15, -0.1) is 0 Å². The summed E-state index contributed by atoms with van der Waals surface area (Å²) in [7, 11) is -1.65. The van der Waals surface area contributed by atoms with E-state index >= 15 is 0 Å². The Bertz CT molecular complexity index is 1000. The highest BCUT2D eigenvalue weighted by Crippen LogP contribution is 2.26. The van der Waals surface area contributed by atoms with Gasteiger partial charge in [0.15, 0.2) is 0 Å². The number of hydrogen-bond acceptors (Lipinski definition) is 4. The molecule has 1 aliphatic rings. The quantitative estimate of drug-likeness (QED) is 0.823. The number of piperazine rings is 1. The third kappa shape index (κ3) is 4.38. The van der Waals surface area contributed by atoms with E-state index in [1.165, 1.54) is 10.4 Å². The van der Waals surface area contributed by atoms with Gasteiger partial charge in [0.05, 0.1) is 15.5 Å². The molecule has 1 fully saturated rings. The zero-order chi connectivity index (χ0) is 20.5. The van der Waals surface area contributed by atoms with Crippen LogP contribution in [-0.2, 0) is 10.0 Å². The lowest BCUT2D eigenvalue weighted by molar-refractivity contribution is 0.102. The first-order chi connectivity index (χ1) is 13.2. The van der Waals surface area contributed by atoms with Crippen LogP contribution < -0.4 is 5.32 Å². The molecule has 0 radical (unpaired) electrons. The molecular weight excluding hydrogens is 398 g/mol. The number of nitrogens with one attached hydrogen (secondary N) is 1. The number of sulfonamides is 1. The molecule has 0 bridgehead atoms. The highest BCUT2D eigenvalue weighted by Gasteiger charge is 2.29. The predicted octanol–water partition coefficient (Wildman–Crippen LogP) is 3.15. The molecule has 0 unspecified atom stereocenters. The second kappa shape index (κ2) is 8.21. The van der Waals surface area contributed by atoms with E-state index in [-0.39, 0.29) is 10.8 Å². The summed E-state index contributed by atoms with van der Waals surface area (Å²) in [5.41, 5.74) is 2.36. The largest absolute Gasteiger partial charge is 0.322 e. The first-order valence-electron chi connectivity index (χ1n) is 9.05.